The van der Waals surface area contributed by atoms with E-state index in [-0.39, 0.29) is 24.2 Å². The summed E-state index contributed by atoms with van der Waals surface area (Å²) in [6, 6.07) is 97.8. The molecule has 470 valence electrons. The largest absolute Gasteiger partial charge is 0.363 e. The number of nitrogens with zero attached hydrogens (tertiary/aromatic N) is 2. The molecule has 4 atom stereocenters. The van der Waals surface area contributed by atoms with Gasteiger partial charge in [-0.05, 0) is 167 Å². The van der Waals surface area contributed by atoms with Gasteiger partial charge in [0.15, 0.2) is 0 Å². The van der Waals surface area contributed by atoms with Crippen molar-refractivity contribution in [1.29, 1.82) is 0 Å². The lowest BCUT2D eigenvalue weighted by Crippen LogP contribution is -2.29. The van der Waals surface area contributed by atoms with E-state index < -0.39 is 16.1 Å². The van der Waals surface area contributed by atoms with Crippen LogP contribution >= 0.6 is 0 Å². The van der Waals surface area contributed by atoms with Crippen molar-refractivity contribution in [2.45, 2.75) is 91.1 Å². The van der Waals surface area contributed by atoms with Crippen molar-refractivity contribution in [3.05, 3.63) is 346 Å². The van der Waals surface area contributed by atoms with Crippen LogP contribution in [0.25, 0.3) is 44.5 Å². The molecule has 0 aromatic heterocycles. The lowest BCUT2D eigenvalue weighted by atomic mass is 9.89. The Labute approximate surface area is 572 Å². The zero-order valence-corrected chi connectivity index (χ0v) is 58.8. The van der Waals surface area contributed by atoms with Crippen LogP contribution in [0.15, 0.2) is 289 Å². The predicted octanol–water partition coefficient (Wildman–Crippen LogP) is 21.3. The second-order valence-electron chi connectivity index (χ2n) is 26.5. The molecule has 6 heteroatoms. The first-order valence-electron chi connectivity index (χ1n) is 33.2. The lowest BCUT2D eigenvalue weighted by molar-refractivity contribution is 0.703. The third-order valence-corrected chi connectivity index (χ3v) is 18.4. The van der Waals surface area contributed by atoms with Crippen LogP contribution in [0.4, 0.5) is 0 Å². The monoisotopic (exact) mass is 1270 g/mol. The molecule has 11 aromatic rings. The van der Waals surface area contributed by atoms with E-state index in [1.807, 2.05) is 24.3 Å². The molecule has 0 saturated heterocycles. The topological polar surface area (TPSA) is 48.8 Å². The number of benzene rings is 11. The molecule has 96 heavy (non-hydrogen) atoms. The first-order valence-corrected chi connectivity index (χ1v) is 40.2. The van der Waals surface area contributed by atoms with Crippen molar-refractivity contribution in [1.82, 2.24) is 10.6 Å². The summed E-state index contributed by atoms with van der Waals surface area (Å²) in [4.78, 5) is 11.1. The van der Waals surface area contributed by atoms with Crippen molar-refractivity contribution in [3.8, 4) is 91.1 Å². The molecule has 0 fully saturated rings. The molecule has 0 heterocycles. The summed E-state index contributed by atoms with van der Waals surface area (Å²) in [5.74, 6) is 22.3. The average molecular weight is 1280 g/mol. The summed E-state index contributed by atoms with van der Waals surface area (Å²) in [7, 11) is -3.12. The normalized spacial score (nSPS) is 12.7. The van der Waals surface area contributed by atoms with E-state index >= 15 is 0 Å². The van der Waals surface area contributed by atoms with Gasteiger partial charge in [0.1, 0.15) is 27.8 Å². The fourth-order valence-electron chi connectivity index (χ4n) is 11.4. The minimum absolute atomic E-state index is 0.0286. The van der Waals surface area contributed by atoms with Crippen molar-refractivity contribution in [2.24, 2.45) is 9.98 Å². The molecule has 2 N–H and O–H groups in total. The maximum Gasteiger partial charge on any atom is 0.130 e. The Kier molecular flexibility index (Phi) is 21.4. The molecule has 0 aliphatic rings. The van der Waals surface area contributed by atoms with Gasteiger partial charge in [-0.25, -0.2) is 0 Å². The molecular formula is C90H82N4Si2. The number of nitrogens with one attached hydrogen (secondary N) is 2. The molecule has 0 amide bonds. The number of rotatable bonds is 14. The zero-order chi connectivity index (χ0) is 67.0. The Bertz CT molecular complexity index is 4480. The number of aliphatic imine (C=N–C) groups is 2. The van der Waals surface area contributed by atoms with Crippen LogP contribution in [0.2, 0.25) is 39.3 Å². The Morgan fingerprint density at radius 3 is 0.750 bits per heavy atom. The first-order chi connectivity index (χ1) is 46.5. The smallest absolute Gasteiger partial charge is 0.130 e. The Hall–Kier alpha value is -11.0. The van der Waals surface area contributed by atoms with Gasteiger partial charge in [0.05, 0.1) is 12.1 Å². The molecule has 0 aliphatic heterocycles. The number of hydrogen-bond donors (Lipinski definition) is 2. The number of hydrogen-bond acceptors (Lipinski definition) is 2. The summed E-state index contributed by atoms with van der Waals surface area (Å²) in [5, 5.41) is 7.85. The van der Waals surface area contributed by atoms with Gasteiger partial charge in [0.2, 0.25) is 0 Å². The minimum atomic E-state index is -1.56. The Morgan fingerprint density at radius 1 is 0.271 bits per heavy atom. The van der Waals surface area contributed by atoms with E-state index in [1.54, 1.807) is 0 Å². The highest BCUT2D eigenvalue weighted by atomic mass is 28.3. The Morgan fingerprint density at radius 2 is 0.500 bits per heavy atom. The first kappa shape index (κ1) is 66.5. The van der Waals surface area contributed by atoms with E-state index in [9.17, 15) is 0 Å². The fraction of sp³-hybridized carbons (Fsp3) is 0.156. The van der Waals surface area contributed by atoms with Crippen molar-refractivity contribution in [2.75, 3.05) is 0 Å². The van der Waals surface area contributed by atoms with Gasteiger partial charge in [-0.1, -0.05) is 281 Å². The summed E-state index contributed by atoms with van der Waals surface area (Å²) >= 11 is 0. The maximum atomic E-state index is 5.56. The zero-order valence-electron chi connectivity index (χ0n) is 56.8. The molecule has 0 spiro atoms. The van der Waals surface area contributed by atoms with Crippen molar-refractivity contribution in [3.63, 3.8) is 0 Å². The fourth-order valence-corrected chi connectivity index (χ4v) is 12.4. The van der Waals surface area contributed by atoms with Crippen LogP contribution in [0.5, 0.6) is 0 Å². The van der Waals surface area contributed by atoms with Gasteiger partial charge in [-0.3, -0.25) is 9.98 Å². The summed E-state index contributed by atoms with van der Waals surface area (Å²) in [6.45, 7) is 22.4. The van der Waals surface area contributed by atoms with E-state index in [4.69, 9.17) is 9.98 Å². The van der Waals surface area contributed by atoms with Crippen LogP contribution < -0.4 is 10.6 Å². The third-order valence-electron chi connectivity index (χ3n) is 16.7. The van der Waals surface area contributed by atoms with Crippen LogP contribution in [0, 0.1) is 46.6 Å². The highest BCUT2D eigenvalue weighted by Crippen LogP contribution is 2.37. The summed E-state index contributed by atoms with van der Waals surface area (Å²) < 4.78 is 0. The molecular weight excluding hydrogens is 1190 g/mol. The lowest BCUT2D eigenvalue weighted by Gasteiger charge is -2.24. The molecule has 0 aliphatic carbocycles. The van der Waals surface area contributed by atoms with Gasteiger partial charge in [-0.15, -0.1) is 11.1 Å². The molecule has 11 aromatic carbocycles. The Balaban J connectivity index is 0.871. The van der Waals surface area contributed by atoms with Gasteiger partial charge in [0, 0.05) is 56.6 Å². The highest BCUT2D eigenvalue weighted by Gasteiger charge is 2.24. The van der Waals surface area contributed by atoms with Gasteiger partial charge >= 0.3 is 0 Å². The summed E-state index contributed by atoms with van der Waals surface area (Å²) in [5.41, 5.74) is 28.1. The van der Waals surface area contributed by atoms with E-state index in [0.717, 1.165) is 112 Å². The average Bonchev–Trinajstić information content (AvgIpc) is 0.800. The SMILES string of the molecule is CC(NC(=N[C@H](C)c1ccccc1)c1c(-c2ccc(C#Cc3ccc(C#Cc4ccc(-c5cccc(-c6ccc(C#C[Si](C)(C)C)cc6)c5C(=N[C@H](C)c5ccccc5)N[C@H](C)c5ccccc5)cc4)cc3)cc2)cccc1-c1ccc(C#C[Si](C)(C)C)cc1)c1ccccc1. The second-order valence-corrected chi connectivity index (χ2v) is 36.0. The number of amidine groups is 2. The van der Waals surface area contributed by atoms with Gasteiger partial charge in [-0.2, -0.15) is 0 Å². The molecule has 4 nitrogen and oxygen atoms in total. The van der Waals surface area contributed by atoms with Crippen molar-refractivity contribution >= 4 is 27.8 Å². The molecule has 0 saturated carbocycles. The van der Waals surface area contributed by atoms with Crippen molar-refractivity contribution < 1.29 is 0 Å². The van der Waals surface area contributed by atoms with Crippen LogP contribution in [-0.2, 0) is 0 Å². The highest BCUT2D eigenvalue weighted by molar-refractivity contribution is 6.84. The quantitative estimate of drug-likeness (QED) is 0.0493. The molecule has 1 unspecified atom stereocenters. The molecule has 0 radical (unpaired) electrons. The molecule has 0 bridgehead atoms. The second kappa shape index (κ2) is 30.9. The predicted molar refractivity (Wildman–Crippen MR) is 412 cm³/mol. The van der Waals surface area contributed by atoms with Gasteiger partial charge < -0.3 is 10.6 Å². The van der Waals surface area contributed by atoms with Crippen LogP contribution in [-0.4, -0.2) is 27.8 Å². The van der Waals surface area contributed by atoms with Crippen LogP contribution in [0.1, 0.15) is 119 Å². The van der Waals surface area contributed by atoms with E-state index in [1.165, 1.54) is 11.1 Å². The third kappa shape index (κ3) is 17.8. The van der Waals surface area contributed by atoms with Crippen LogP contribution in [0.3, 0.4) is 0 Å². The van der Waals surface area contributed by atoms with Gasteiger partial charge in [0.25, 0.3) is 0 Å². The molecule has 11 rings (SSSR count). The maximum absolute atomic E-state index is 5.56. The van der Waals surface area contributed by atoms with E-state index in [2.05, 4.69) is 379 Å². The standard InChI is InChI=1S/C90H82N4Si2/c1-65(75-25-15-11-16-26-75)91-89(92-66(2)76-27-17-12-18-28-76)87-83(33-23-35-85(87)81-57-49-73(50-58-81)61-63-95(5,6)7)79-53-45-71(46-54-79)43-41-69-37-39-70(40-38-69)42-44-72-47-55-80(56-48-72)84-34-24-36-86(82-59-51-74(52-60-82)62-64-96(8,9)10)88(84)90(93-67(3)77-29-19-13-20-30-77)94-68(4)78-31-21-14-22-32-78/h11-40,45-60,65-68H,1-10H3,(H,91,92)(H,93,94)/t65-,66-,67-,68?/m1/s1. The van der Waals surface area contributed by atoms with E-state index in [0.29, 0.717) is 0 Å². The summed E-state index contributed by atoms with van der Waals surface area (Å²) in [6.07, 6.45) is 0. The minimum Gasteiger partial charge on any atom is -0.363 e.